The van der Waals surface area contributed by atoms with E-state index < -0.39 is 12.1 Å². The third kappa shape index (κ3) is 5.44. The van der Waals surface area contributed by atoms with E-state index in [4.69, 9.17) is 4.74 Å². The van der Waals surface area contributed by atoms with E-state index >= 15 is 0 Å². The first kappa shape index (κ1) is 24.4. The predicted octanol–water partition coefficient (Wildman–Crippen LogP) is 4.16. The number of fused-ring (bicyclic) bond motifs is 1. The van der Waals surface area contributed by atoms with Crippen molar-refractivity contribution >= 4 is 11.7 Å². The van der Waals surface area contributed by atoms with Gasteiger partial charge in [-0.15, -0.1) is 0 Å². The summed E-state index contributed by atoms with van der Waals surface area (Å²) in [6.07, 6.45) is 12.8. The van der Waals surface area contributed by atoms with Crippen LogP contribution in [0.5, 0.6) is 0 Å². The number of carbonyl (C=O) groups is 1. The maximum Gasteiger partial charge on any atom is 0.340 e. The lowest BCUT2D eigenvalue weighted by atomic mass is 9.99. The number of cyclic esters (lactones) is 1. The van der Waals surface area contributed by atoms with E-state index in [1.165, 1.54) is 0 Å². The molecule has 1 aliphatic heterocycles. The SMILES string of the molecule is C/C=C/C(=C\CCC)C(/C=C/C)N/C(=C/C)c1cc2c(c(=O)n1CC)COC(=O)C2O. The van der Waals surface area contributed by atoms with E-state index in [-0.39, 0.29) is 18.2 Å². The lowest BCUT2D eigenvalue weighted by Crippen LogP contribution is -2.36. The molecule has 0 saturated carbocycles. The van der Waals surface area contributed by atoms with E-state index in [2.05, 4.69) is 30.5 Å². The van der Waals surface area contributed by atoms with Crippen LogP contribution >= 0.6 is 0 Å². The highest BCUT2D eigenvalue weighted by Crippen LogP contribution is 2.27. The van der Waals surface area contributed by atoms with Crippen LogP contribution in [0.25, 0.3) is 5.70 Å². The van der Waals surface area contributed by atoms with Crippen LogP contribution in [0.4, 0.5) is 0 Å². The Kier molecular flexibility index (Phi) is 9.06. The summed E-state index contributed by atoms with van der Waals surface area (Å²) in [6.45, 7) is 10.2. The molecule has 2 heterocycles. The van der Waals surface area contributed by atoms with Crippen LogP contribution in [0.2, 0.25) is 0 Å². The van der Waals surface area contributed by atoms with Crippen molar-refractivity contribution in [2.75, 3.05) is 0 Å². The standard InChI is InChI=1S/C25H34N2O4/c1-6-11-14-17(12-7-2)21(13-8-3)26-20(9-4)22-15-18-19(24(29)27(22)10-5)16-31-25(30)23(18)28/h7-9,12-15,21,23,26,28H,6,10-11,16H2,1-5H3/b12-7+,13-8+,17-14+,20-9+. The number of nitrogens with one attached hydrogen (secondary N) is 1. The van der Waals surface area contributed by atoms with Gasteiger partial charge in [-0.25, -0.2) is 4.79 Å². The van der Waals surface area contributed by atoms with Gasteiger partial charge in [-0.1, -0.05) is 49.8 Å². The molecule has 31 heavy (non-hydrogen) atoms. The van der Waals surface area contributed by atoms with E-state index in [1.807, 2.05) is 45.9 Å². The number of esters is 1. The Morgan fingerprint density at radius 1 is 1.29 bits per heavy atom. The number of nitrogens with zero attached hydrogens (tertiary/aromatic N) is 1. The molecule has 0 amide bonds. The molecule has 0 bridgehead atoms. The van der Waals surface area contributed by atoms with E-state index in [9.17, 15) is 14.7 Å². The van der Waals surface area contributed by atoms with Crippen molar-refractivity contribution in [3.05, 3.63) is 75.3 Å². The molecule has 2 unspecified atom stereocenters. The summed E-state index contributed by atoms with van der Waals surface area (Å²) in [5, 5.41) is 13.9. The van der Waals surface area contributed by atoms with Gasteiger partial charge in [0.15, 0.2) is 6.10 Å². The number of unbranched alkanes of at least 4 members (excludes halogenated alkanes) is 1. The molecule has 2 N–H and O–H groups in total. The van der Waals surface area contributed by atoms with Gasteiger partial charge in [-0.3, -0.25) is 4.79 Å². The highest BCUT2D eigenvalue weighted by molar-refractivity contribution is 5.79. The minimum absolute atomic E-state index is 0.0923. The number of hydrogen-bond donors (Lipinski definition) is 2. The zero-order valence-electron chi connectivity index (χ0n) is 19.1. The molecule has 1 aliphatic rings. The van der Waals surface area contributed by atoms with Crippen molar-refractivity contribution in [1.29, 1.82) is 0 Å². The van der Waals surface area contributed by atoms with Gasteiger partial charge in [0.05, 0.1) is 23.0 Å². The first-order valence-corrected chi connectivity index (χ1v) is 10.9. The number of allylic oxidation sites excluding steroid dienone is 4. The maximum absolute atomic E-state index is 13.1. The monoisotopic (exact) mass is 426 g/mol. The Balaban J connectivity index is 2.58. The molecule has 0 aliphatic carbocycles. The summed E-state index contributed by atoms with van der Waals surface area (Å²) in [4.78, 5) is 25.0. The highest BCUT2D eigenvalue weighted by atomic mass is 16.5. The minimum Gasteiger partial charge on any atom is -0.458 e. The number of pyridine rings is 1. The normalized spacial score (nSPS) is 18.4. The number of hydrogen-bond acceptors (Lipinski definition) is 5. The first-order valence-electron chi connectivity index (χ1n) is 10.9. The van der Waals surface area contributed by atoms with Crippen LogP contribution in [0, 0.1) is 0 Å². The van der Waals surface area contributed by atoms with Gasteiger partial charge >= 0.3 is 5.97 Å². The van der Waals surface area contributed by atoms with Crippen molar-refractivity contribution in [3.63, 3.8) is 0 Å². The Morgan fingerprint density at radius 2 is 2.03 bits per heavy atom. The average molecular weight is 427 g/mol. The zero-order chi connectivity index (χ0) is 23.0. The van der Waals surface area contributed by atoms with Crippen molar-refractivity contribution in [2.45, 2.75) is 72.8 Å². The van der Waals surface area contributed by atoms with Gasteiger partial charge in [0, 0.05) is 12.1 Å². The van der Waals surface area contributed by atoms with Gasteiger partial charge in [-0.2, -0.15) is 0 Å². The second-order valence-corrected chi connectivity index (χ2v) is 7.37. The van der Waals surface area contributed by atoms with E-state index in [1.54, 1.807) is 10.6 Å². The van der Waals surface area contributed by atoms with Gasteiger partial charge in [0.25, 0.3) is 5.56 Å². The predicted molar refractivity (Wildman–Crippen MR) is 124 cm³/mol. The average Bonchev–Trinajstić information content (AvgIpc) is 2.76. The molecular formula is C25H34N2O4. The molecule has 6 nitrogen and oxygen atoms in total. The van der Waals surface area contributed by atoms with Crippen molar-refractivity contribution in [3.8, 4) is 0 Å². The van der Waals surface area contributed by atoms with Crippen molar-refractivity contribution in [1.82, 2.24) is 9.88 Å². The summed E-state index contributed by atoms with van der Waals surface area (Å²) in [6, 6.07) is 1.64. The van der Waals surface area contributed by atoms with Crippen LogP contribution in [0.1, 0.15) is 70.4 Å². The van der Waals surface area contributed by atoms with Gasteiger partial charge in [0.2, 0.25) is 0 Å². The van der Waals surface area contributed by atoms with Crippen LogP contribution in [0.15, 0.2) is 52.9 Å². The van der Waals surface area contributed by atoms with E-state index in [0.717, 1.165) is 24.1 Å². The van der Waals surface area contributed by atoms with Crippen LogP contribution in [0.3, 0.4) is 0 Å². The maximum atomic E-state index is 13.1. The summed E-state index contributed by atoms with van der Waals surface area (Å²) in [5.41, 5.74) is 2.92. The fourth-order valence-electron chi connectivity index (χ4n) is 3.69. The fraction of sp³-hybridized carbons (Fsp3) is 0.440. The molecule has 2 rings (SSSR count). The molecule has 1 aromatic rings. The van der Waals surface area contributed by atoms with Gasteiger partial charge in [0.1, 0.15) is 6.61 Å². The van der Waals surface area contributed by atoms with Gasteiger partial charge < -0.3 is 19.7 Å². The molecule has 0 saturated heterocycles. The largest absolute Gasteiger partial charge is 0.458 e. The van der Waals surface area contributed by atoms with Crippen LogP contribution < -0.4 is 10.9 Å². The summed E-state index contributed by atoms with van der Waals surface area (Å²) in [7, 11) is 0. The molecule has 0 radical (unpaired) electrons. The topological polar surface area (TPSA) is 80.6 Å². The Labute approximate surface area is 184 Å². The summed E-state index contributed by atoms with van der Waals surface area (Å²) < 4.78 is 6.60. The second-order valence-electron chi connectivity index (χ2n) is 7.37. The second kappa shape index (κ2) is 11.5. The minimum atomic E-state index is -1.45. The zero-order valence-corrected chi connectivity index (χ0v) is 19.1. The number of ether oxygens (including phenoxy) is 1. The molecule has 0 aromatic carbocycles. The van der Waals surface area contributed by atoms with Gasteiger partial charge in [-0.05, 0) is 45.8 Å². The fourth-order valence-corrected chi connectivity index (χ4v) is 3.69. The lowest BCUT2D eigenvalue weighted by Gasteiger charge is -2.26. The number of aromatic nitrogens is 1. The molecule has 0 fully saturated rings. The molecule has 2 atom stereocenters. The van der Waals surface area contributed by atoms with Crippen LogP contribution in [-0.2, 0) is 22.7 Å². The molecule has 6 heteroatoms. The molecule has 168 valence electrons. The number of aliphatic hydroxyl groups is 1. The lowest BCUT2D eigenvalue weighted by molar-refractivity contribution is -0.157. The third-order valence-electron chi connectivity index (χ3n) is 5.28. The van der Waals surface area contributed by atoms with Crippen molar-refractivity contribution in [2.24, 2.45) is 0 Å². The van der Waals surface area contributed by atoms with E-state index in [0.29, 0.717) is 23.4 Å². The number of carbonyl (C=O) groups excluding carboxylic acids is 1. The molecule has 0 spiro atoms. The number of rotatable bonds is 9. The Morgan fingerprint density at radius 3 is 2.61 bits per heavy atom. The smallest absolute Gasteiger partial charge is 0.340 e. The van der Waals surface area contributed by atoms with Crippen LogP contribution in [-0.4, -0.2) is 21.7 Å². The first-order chi connectivity index (χ1) is 14.9. The third-order valence-corrected chi connectivity index (χ3v) is 5.28. The summed E-state index contributed by atoms with van der Waals surface area (Å²) in [5.74, 6) is -0.730. The number of aliphatic hydroxyl groups excluding tert-OH is 1. The highest BCUT2D eigenvalue weighted by Gasteiger charge is 2.31. The molecule has 1 aromatic heterocycles. The Bertz CT molecular complexity index is 966. The Hall–Kier alpha value is -2.86. The quantitative estimate of drug-likeness (QED) is 0.352. The molecular weight excluding hydrogens is 392 g/mol. The van der Waals surface area contributed by atoms with Crippen molar-refractivity contribution < 1.29 is 14.6 Å². The summed E-state index contributed by atoms with van der Waals surface area (Å²) >= 11 is 0.